The molecule has 6 nitrogen and oxygen atoms in total. The Morgan fingerprint density at radius 2 is 0.569 bits per heavy atom. The maximum absolute atomic E-state index is 12.7. The molecule has 1 atom stereocenters. The van der Waals surface area contributed by atoms with Gasteiger partial charge in [0.15, 0.2) is 6.10 Å². The molecular weight excluding hydrogens is 721 g/mol. The standard InChI is InChI=1S/C52H98O6/c1-4-7-10-13-16-18-20-22-24-26-28-29-31-33-36-39-42-45-51(54)57-48-49(47-56-50(53)44-41-38-35-15-12-9-6-3)58-52(55)46-43-40-37-34-32-30-27-25-23-21-19-17-14-11-8-5-2/h22,24,49H,4-21,23,25-48H2,1-3H3/b24-22-. The van der Waals surface area contributed by atoms with Gasteiger partial charge in [0.25, 0.3) is 0 Å². The monoisotopic (exact) mass is 819 g/mol. The molecule has 0 aromatic heterocycles. The lowest BCUT2D eigenvalue weighted by Crippen LogP contribution is -2.30. The normalized spacial score (nSPS) is 12.0. The van der Waals surface area contributed by atoms with E-state index in [0.29, 0.717) is 19.3 Å². The summed E-state index contributed by atoms with van der Waals surface area (Å²) >= 11 is 0. The Bertz CT molecular complexity index is 900. The van der Waals surface area contributed by atoms with Crippen LogP contribution < -0.4 is 0 Å². The van der Waals surface area contributed by atoms with Crippen LogP contribution in [0.25, 0.3) is 0 Å². The topological polar surface area (TPSA) is 78.9 Å². The van der Waals surface area contributed by atoms with Crippen molar-refractivity contribution in [2.45, 2.75) is 290 Å². The lowest BCUT2D eigenvalue weighted by atomic mass is 10.0. The molecule has 0 heterocycles. The van der Waals surface area contributed by atoms with Crippen molar-refractivity contribution in [2.24, 2.45) is 0 Å². The van der Waals surface area contributed by atoms with Gasteiger partial charge in [-0.1, -0.05) is 232 Å². The number of esters is 3. The Morgan fingerprint density at radius 1 is 0.328 bits per heavy atom. The molecule has 0 aromatic carbocycles. The molecule has 0 aliphatic heterocycles. The Labute approximate surface area is 360 Å². The fourth-order valence-electron chi connectivity index (χ4n) is 7.61. The van der Waals surface area contributed by atoms with E-state index in [4.69, 9.17) is 14.2 Å². The summed E-state index contributed by atoms with van der Waals surface area (Å²) < 4.78 is 16.7. The van der Waals surface area contributed by atoms with Crippen LogP contribution in [0.3, 0.4) is 0 Å². The molecule has 0 rings (SSSR count). The molecule has 0 fully saturated rings. The SMILES string of the molecule is CCCCCCCC/C=C\CCCCCCCCCC(=O)OCC(COC(=O)CCCCCCCCC)OC(=O)CCCCCCCCCCCCCCCCCC. The Hall–Kier alpha value is -1.85. The first-order chi connectivity index (χ1) is 28.5. The van der Waals surface area contributed by atoms with Gasteiger partial charge in [0.2, 0.25) is 0 Å². The van der Waals surface area contributed by atoms with Gasteiger partial charge in [-0.2, -0.15) is 0 Å². The zero-order valence-corrected chi connectivity index (χ0v) is 39.1. The molecule has 0 N–H and O–H groups in total. The van der Waals surface area contributed by atoms with E-state index in [0.717, 1.165) is 57.8 Å². The van der Waals surface area contributed by atoms with Crippen molar-refractivity contribution in [3.05, 3.63) is 12.2 Å². The minimum Gasteiger partial charge on any atom is -0.462 e. The van der Waals surface area contributed by atoms with Crippen LogP contribution >= 0.6 is 0 Å². The molecule has 0 amide bonds. The van der Waals surface area contributed by atoms with Gasteiger partial charge in [-0.3, -0.25) is 14.4 Å². The van der Waals surface area contributed by atoms with Gasteiger partial charge in [-0.05, 0) is 44.9 Å². The van der Waals surface area contributed by atoms with Crippen molar-refractivity contribution < 1.29 is 28.6 Å². The summed E-state index contributed by atoms with van der Waals surface area (Å²) in [5, 5.41) is 0. The number of hydrogen-bond donors (Lipinski definition) is 0. The van der Waals surface area contributed by atoms with Crippen molar-refractivity contribution in [1.29, 1.82) is 0 Å². The molecule has 0 aliphatic rings. The molecule has 58 heavy (non-hydrogen) atoms. The van der Waals surface area contributed by atoms with E-state index in [9.17, 15) is 14.4 Å². The van der Waals surface area contributed by atoms with Crippen LogP contribution in [0.1, 0.15) is 284 Å². The van der Waals surface area contributed by atoms with E-state index >= 15 is 0 Å². The van der Waals surface area contributed by atoms with E-state index in [1.165, 1.54) is 186 Å². The summed E-state index contributed by atoms with van der Waals surface area (Å²) in [6, 6.07) is 0. The summed E-state index contributed by atoms with van der Waals surface area (Å²) in [6.07, 6.45) is 52.1. The summed E-state index contributed by atoms with van der Waals surface area (Å²) in [4.78, 5) is 37.8. The second-order valence-corrected chi connectivity index (χ2v) is 17.4. The average molecular weight is 819 g/mol. The van der Waals surface area contributed by atoms with Gasteiger partial charge in [0.05, 0.1) is 0 Å². The number of rotatable bonds is 47. The molecule has 6 heteroatoms. The van der Waals surface area contributed by atoms with Crippen molar-refractivity contribution in [3.63, 3.8) is 0 Å². The quantitative estimate of drug-likeness (QED) is 0.0263. The molecule has 0 saturated heterocycles. The predicted octanol–water partition coefficient (Wildman–Crippen LogP) is 16.6. The third kappa shape index (κ3) is 45.2. The maximum atomic E-state index is 12.7. The largest absolute Gasteiger partial charge is 0.462 e. The summed E-state index contributed by atoms with van der Waals surface area (Å²) in [6.45, 7) is 6.62. The number of hydrogen-bond acceptors (Lipinski definition) is 6. The third-order valence-corrected chi connectivity index (χ3v) is 11.5. The van der Waals surface area contributed by atoms with E-state index in [-0.39, 0.29) is 31.1 Å². The second kappa shape index (κ2) is 47.8. The van der Waals surface area contributed by atoms with Gasteiger partial charge in [0.1, 0.15) is 13.2 Å². The van der Waals surface area contributed by atoms with Crippen LogP contribution in [-0.4, -0.2) is 37.2 Å². The smallest absolute Gasteiger partial charge is 0.306 e. The molecule has 0 aromatic rings. The zero-order chi connectivity index (χ0) is 42.3. The van der Waals surface area contributed by atoms with Gasteiger partial charge < -0.3 is 14.2 Å². The fraction of sp³-hybridized carbons (Fsp3) is 0.904. The first-order valence-electron chi connectivity index (χ1n) is 25.7. The number of carbonyl (C=O) groups is 3. The highest BCUT2D eigenvalue weighted by molar-refractivity contribution is 5.71. The Balaban J connectivity index is 4.22. The minimum atomic E-state index is -0.763. The molecule has 0 bridgehead atoms. The number of unbranched alkanes of at least 4 members (excludes halogenated alkanes) is 34. The van der Waals surface area contributed by atoms with E-state index < -0.39 is 6.10 Å². The van der Waals surface area contributed by atoms with Crippen molar-refractivity contribution in [1.82, 2.24) is 0 Å². The molecule has 0 saturated carbocycles. The molecule has 1 unspecified atom stereocenters. The summed E-state index contributed by atoms with van der Waals surface area (Å²) in [5.74, 6) is -0.863. The van der Waals surface area contributed by atoms with Crippen molar-refractivity contribution in [2.75, 3.05) is 13.2 Å². The zero-order valence-electron chi connectivity index (χ0n) is 39.1. The van der Waals surface area contributed by atoms with Crippen LogP contribution in [0.2, 0.25) is 0 Å². The van der Waals surface area contributed by atoms with Gasteiger partial charge in [-0.15, -0.1) is 0 Å². The molecule has 0 aliphatic carbocycles. The predicted molar refractivity (Wildman–Crippen MR) is 247 cm³/mol. The first kappa shape index (κ1) is 56.1. The van der Waals surface area contributed by atoms with Crippen LogP contribution in [0.5, 0.6) is 0 Å². The van der Waals surface area contributed by atoms with Crippen molar-refractivity contribution >= 4 is 17.9 Å². The highest BCUT2D eigenvalue weighted by atomic mass is 16.6. The third-order valence-electron chi connectivity index (χ3n) is 11.5. The second-order valence-electron chi connectivity index (χ2n) is 17.4. The van der Waals surface area contributed by atoms with Crippen LogP contribution in [0, 0.1) is 0 Å². The van der Waals surface area contributed by atoms with E-state index in [2.05, 4.69) is 32.9 Å². The molecule has 342 valence electrons. The molecular formula is C52H98O6. The fourth-order valence-corrected chi connectivity index (χ4v) is 7.61. The van der Waals surface area contributed by atoms with E-state index in [1.54, 1.807) is 0 Å². The van der Waals surface area contributed by atoms with Gasteiger partial charge in [-0.25, -0.2) is 0 Å². The lowest BCUT2D eigenvalue weighted by molar-refractivity contribution is -0.167. The molecule has 0 spiro atoms. The van der Waals surface area contributed by atoms with Crippen LogP contribution in [0.15, 0.2) is 12.2 Å². The number of ether oxygens (including phenoxy) is 3. The highest BCUT2D eigenvalue weighted by Crippen LogP contribution is 2.16. The van der Waals surface area contributed by atoms with Crippen LogP contribution in [0.4, 0.5) is 0 Å². The highest BCUT2D eigenvalue weighted by Gasteiger charge is 2.19. The van der Waals surface area contributed by atoms with Gasteiger partial charge in [0, 0.05) is 19.3 Å². The minimum absolute atomic E-state index is 0.0672. The number of carbonyl (C=O) groups excluding carboxylic acids is 3. The maximum Gasteiger partial charge on any atom is 0.306 e. The van der Waals surface area contributed by atoms with Crippen molar-refractivity contribution in [3.8, 4) is 0 Å². The Morgan fingerprint density at radius 3 is 0.862 bits per heavy atom. The van der Waals surface area contributed by atoms with E-state index in [1.807, 2.05) is 0 Å². The Kier molecular flexibility index (Phi) is 46.3. The molecule has 0 radical (unpaired) electrons. The first-order valence-corrected chi connectivity index (χ1v) is 25.7. The van der Waals surface area contributed by atoms with Crippen LogP contribution in [-0.2, 0) is 28.6 Å². The number of allylic oxidation sites excluding steroid dienone is 2. The van der Waals surface area contributed by atoms with Gasteiger partial charge >= 0.3 is 17.9 Å². The average Bonchev–Trinajstić information content (AvgIpc) is 3.22. The summed E-state index contributed by atoms with van der Waals surface area (Å²) in [7, 11) is 0. The summed E-state index contributed by atoms with van der Waals surface area (Å²) in [5.41, 5.74) is 0. The lowest BCUT2D eigenvalue weighted by Gasteiger charge is -2.18.